The van der Waals surface area contributed by atoms with Crippen molar-refractivity contribution in [3.8, 4) is 5.75 Å². The number of fused-ring (bicyclic) bond motifs is 2. The van der Waals surface area contributed by atoms with E-state index >= 15 is 0 Å². The monoisotopic (exact) mass is 325 g/mol. The van der Waals surface area contributed by atoms with Gasteiger partial charge in [-0.25, -0.2) is 0 Å². The van der Waals surface area contributed by atoms with E-state index < -0.39 is 0 Å². The number of amides is 1. The van der Waals surface area contributed by atoms with E-state index in [0.717, 1.165) is 37.2 Å². The summed E-state index contributed by atoms with van der Waals surface area (Å²) in [6, 6.07) is 14.4. The number of thioether (sulfide) groups is 1. The molecule has 0 bridgehead atoms. The van der Waals surface area contributed by atoms with Gasteiger partial charge in [-0.15, -0.1) is 11.8 Å². The van der Waals surface area contributed by atoms with Crippen molar-refractivity contribution in [1.82, 2.24) is 0 Å². The minimum absolute atomic E-state index is 0.000418. The Balaban J connectivity index is 1.59. The van der Waals surface area contributed by atoms with Gasteiger partial charge >= 0.3 is 0 Å². The van der Waals surface area contributed by atoms with Gasteiger partial charge in [0.15, 0.2) is 0 Å². The summed E-state index contributed by atoms with van der Waals surface area (Å²) in [5.41, 5.74) is 3.56. The minimum Gasteiger partial charge on any atom is -0.497 e. The number of ether oxygens (including phenoxy) is 1. The van der Waals surface area contributed by atoms with Gasteiger partial charge in [-0.3, -0.25) is 4.79 Å². The standard InChI is InChI=1S/C19H19NO2S/c1-22-15-8-9-16-13(11-15)6-4-10-20(16)19(21)18-12-14-5-2-3-7-17(14)23-18/h2-3,5,7-9,11,18H,4,6,10,12H2,1H3. The molecule has 2 aliphatic rings. The molecule has 0 spiro atoms. The van der Waals surface area contributed by atoms with Gasteiger partial charge in [0.2, 0.25) is 5.91 Å². The van der Waals surface area contributed by atoms with E-state index in [2.05, 4.69) is 24.3 Å². The maximum atomic E-state index is 13.1. The molecular weight excluding hydrogens is 306 g/mol. The molecule has 1 unspecified atom stereocenters. The second-order valence-corrected chi connectivity index (χ2v) is 7.25. The van der Waals surface area contributed by atoms with Gasteiger partial charge in [0.05, 0.1) is 12.4 Å². The van der Waals surface area contributed by atoms with Crippen molar-refractivity contribution in [2.24, 2.45) is 0 Å². The molecule has 2 aromatic carbocycles. The molecule has 0 radical (unpaired) electrons. The van der Waals surface area contributed by atoms with Gasteiger partial charge < -0.3 is 9.64 Å². The first-order valence-corrected chi connectivity index (χ1v) is 8.87. The van der Waals surface area contributed by atoms with Gasteiger partial charge in [0.25, 0.3) is 0 Å². The molecule has 1 amide bonds. The molecule has 2 aliphatic heterocycles. The second-order valence-electron chi connectivity index (χ2n) is 6.01. The SMILES string of the molecule is COc1ccc2c(c1)CCCN2C(=O)C1Cc2ccccc2S1. The maximum absolute atomic E-state index is 13.1. The Morgan fingerprint density at radius 3 is 2.91 bits per heavy atom. The van der Waals surface area contributed by atoms with Gasteiger partial charge in [-0.2, -0.15) is 0 Å². The molecule has 4 rings (SSSR count). The third-order valence-corrected chi connectivity index (χ3v) is 5.90. The molecule has 0 saturated carbocycles. The number of methoxy groups -OCH3 is 1. The highest BCUT2D eigenvalue weighted by molar-refractivity contribution is 8.01. The van der Waals surface area contributed by atoms with Gasteiger partial charge in [-0.05, 0) is 54.7 Å². The topological polar surface area (TPSA) is 29.5 Å². The summed E-state index contributed by atoms with van der Waals surface area (Å²) in [6.45, 7) is 0.811. The quantitative estimate of drug-likeness (QED) is 0.843. The minimum atomic E-state index is 0.000418. The number of carbonyl (C=O) groups is 1. The van der Waals surface area contributed by atoms with E-state index in [4.69, 9.17) is 4.74 Å². The lowest BCUT2D eigenvalue weighted by Gasteiger charge is -2.31. The second kappa shape index (κ2) is 5.93. The molecule has 0 aliphatic carbocycles. The Bertz CT molecular complexity index is 734. The largest absolute Gasteiger partial charge is 0.497 e. The van der Waals surface area contributed by atoms with E-state index in [1.165, 1.54) is 16.0 Å². The fourth-order valence-corrected chi connectivity index (χ4v) is 4.68. The summed E-state index contributed by atoms with van der Waals surface area (Å²) in [6.07, 6.45) is 2.85. The third-order valence-electron chi connectivity index (χ3n) is 4.59. The molecule has 0 fully saturated rings. The van der Waals surface area contributed by atoms with Gasteiger partial charge in [0.1, 0.15) is 5.75 Å². The summed E-state index contributed by atoms with van der Waals surface area (Å²) >= 11 is 1.70. The number of benzene rings is 2. The van der Waals surface area contributed by atoms with Crippen LogP contribution in [0.4, 0.5) is 5.69 Å². The Kier molecular flexibility index (Phi) is 3.77. The summed E-state index contributed by atoms with van der Waals surface area (Å²) in [4.78, 5) is 16.3. The average molecular weight is 325 g/mol. The molecule has 0 N–H and O–H groups in total. The highest BCUT2D eigenvalue weighted by Gasteiger charge is 2.33. The molecule has 0 aromatic heterocycles. The number of rotatable bonds is 2. The summed E-state index contributed by atoms with van der Waals surface area (Å²) in [5.74, 6) is 1.10. The fraction of sp³-hybridized carbons (Fsp3) is 0.316. The van der Waals surface area contributed by atoms with Crippen molar-refractivity contribution in [2.75, 3.05) is 18.6 Å². The molecular formula is C19H19NO2S. The van der Waals surface area contributed by atoms with Gasteiger partial charge in [0, 0.05) is 17.1 Å². The summed E-state index contributed by atoms with van der Waals surface area (Å²) < 4.78 is 5.31. The first-order chi connectivity index (χ1) is 11.3. The lowest BCUT2D eigenvalue weighted by atomic mass is 10.0. The zero-order chi connectivity index (χ0) is 15.8. The number of aryl methyl sites for hydroxylation is 1. The molecule has 0 saturated heterocycles. The predicted molar refractivity (Wildman–Crippen MR) is 93.5 cm³/mol. The Hall–Kier alpha value is -1.94. The first kappa shape index (κ1) is 14.6. The van der Waals surface area contributed by atoms with Crippen LogP contribution >= 0.6 is 11.8 Å². The van der Waals surface area contributed by atoms with Crippen molar-refractivity contribution in [1.29, 1.82) is 0 Å². The Morgan fingerprint density at radius 2 is 2.09 bits per heavy atom. The van der Waals surface area contributed by atoms with Crippen molar-refractivity contribution >= 4 is 23.4 Å². The number of hydrogen-bond acceptors (Lipinski definition) is 3. The van der Waals surface area contributed by atoms with Crippen LogP contribution in [-0.2, 0) is 17.6 Å². The fourth-order valence-electron chi connectivity index (χ4n) is 3.42. The maximum Gasteiger partial charge on any atom is 0.240 e. The van der Waals surface area contributed by atoms with E-state index in [-0.39, 0.29) is 11.2 Å². The van der Waals surface area contributed by atoms with E-state index in [0.29, 0.717) is 0 Å². The lowest BCUT2D eigenvalue weighted by Crippen LogP contribution is -2.41. The van der Waals surface area contributed by atoms with E-state index in [9.17, 15) is 4.79 Å². The van der Waals surface area contributed by atoms with Crippen molar-refractivity contribution < 1.29 is 9.53 Å². The molecule has 2 heterocycles. The highest BCUT2D eigenvalue weighted by atomic mass is 32.2. The van der Waals surface area contributed by atoms with Crippen LogP contribution in [0.25, 0.3) is 0 Å². The van der Waals surface area contributed by atoms with Crippen LogP contribution in [0.3, 0.4) is 0 Å². The third kappa shape index (κ3) is 2.61. The van der Waals surface area contributed by atoms with E-state index in [1.807, 2.05) is 23.1 Å². The van der Waals surface area contributed by atoms with Crippen LogP contribution in [0.15, 0.2) is 47.4 Å². The molecule has 118 valence electrons. The molecule has 3 nitrogen and oxygen atoms in total. The highest BCUT2D eigenvalue weighted by Crippen LogP contribution is 2.39. The number of nitrogens with zero attached hydrogens (tertiary/aromatic N) is 1. The van der Waals surface area contributed by atoms with Crippen LogP contribution in [-0.4, -0.2) is 24.8 Å². The summed E-state index contributed by atoms with van der Waals surface area (Å²) in [7, 11) is 1.68. The van der Waals surface area contributed by atoms with Crippen molar-refractivity contribution in [3.05, 3.63) is 53.6 Å². The van der Waals surface area contributed by atoms with Crippen molar-refractivity contribution in [2.45, 2.75) is 29.4 Å². The first-order valence-electron chi connectivity index (χ1n) is 7.99. The number of carbonyl (C=O) groups excluding carboxylic acids is 1. The van der Waals surface area contributed by atoms with Crippen LogP contribution in [0.5, 0.6) is 5.75 Å². The van der Waals surface area contributed by atoms with Gasteiger partial charge in [-0.1, -0.05) is 18.2 Å². The molecule has 2 aromatic rings. The Labute approximate surface area is 140 Å². The number of anilines is 1. The lowest BCUT2D eigenvalue weighted by molar-refractivity contribution is -0.118. The van der Waals surface area contributed by atoms with Crippen LogP contribution in [0, 0.1) is 0 Å². The van der Waals surface area contributed by atoms with Crippen LogP contribution in [0.2, 0.25) is 0 Å². The van der Waals surface area contributed by atoms with E-state index in [1.54, 1.807) is 18.9 Å². The average Bonchev–Trinajstić information content (AvgIpc) is 3.04. The molecule has 4 heteroatoms. The predicted octanol–water partition coefficient (Wildman–Crippen LogP) is 3.69. The normalized spacial score (nSPS) is 19.2. The number of hydrogen-bond donors (Lipinski definition) is 0. The molecule has 1 atom stereocenters. The van der Waals surface area contributed by atoms with Crippen LogP contribution < -0.4 is 9.64 Å². The molecule has 23 heavy (non-hydrogen) atoms. The van der Waals surface area contributed by atoms with Crippen LogP contribution in [0.1, 0.15) is 17.5 Å². The zero-order valence-corrected chi connectivity index (χ0v) is 13.9. The van der Waals surface area contributed by atoms with Crippen molar-refractivity contribution in [3.63, 3.8) is 0 Å². The summed E-state index contributed by atoms with van der Waals surface area (Å²) in [5, 5.41) is 0.000418. The Morgan fingerprint density at radius 1 is 1.22 bits per heavy atom. The zero-order valence-electron chi connectivity index (χ0n) is 13.1. The smallest absolute Gasteiger partial charge is 0.240 e.